The first-order valence-electron chi connectivity index (χ1n) is 24.7. The van der Waals surface area contributed by atoms with Crippen LogP contribution in [-0.2, 0) is 37.3 Å². The molecule has 11 rings (SSSR count). The molecule has 8 aromatic carbocycles. The van der Waals surface area contributed by atoms with Crippen LogP contribution in [0.2, 0.25) is 0 Å². The van der Waals surface area contributed by atoms with Crippen molar-refractivity contribution >= 4 is 44.6 Å². The summed E-state index contributed by atoms with van der Waals surface area (Å²) in [5, 5.41) is 2.18. The van der Waals surface area contributed by atoms with Gasteiger partial charge in [-0.3, -0.25) is 0 Å². The molecule has 0 N–H and O–H groups in total. The van der Waals surface area contributed by atoms with Gasteiger partial charge in [0.1, 0.15) is 5.82 Å². The molecule has 0 spiro atoms. The van der Waals surface area contributed by atoms with Gasteiger partial charge in [-0.05, 0) is 109 Å². The molecule has 0 saturated carbocycles. The monoisotopic (exact) mass is 1120 g/mol. The molecule has 0 bridgehead atoms. The molecule has 5 nitrogen and oxygen atoms in total. The van der Waals surface area contributed by atoms with E-state index in [1.165, 1.54) is 27.8 Å². The number of anilines is 4. The fraction of sp³-hybridized carbons (Fsp3) is 0.182. The molecule has 10 aromatic rings. The van der Waals surface area contributed by atoms with Gasteiger partial charge in [-0.1, -0.05) is 177 Å². The van der Waals surface area contributed by atoms with E-state index in [0.717, 1.165) is 72.6 Å². The second-order valence-corrected chi connectivity index (χ2v) is 21.9. The van der Waals surface area contributed by atoms with Gasteiger partial charge in [0.15, 0.2) is 0 Å². The number of hydrogen-bond acceptors (Lipinski definition) is 4. The standard InChI is InChI=1S/C66H59N4O.Pt/c1-64(2,3)49-33-34-67-62(40-49)70-59-32-29-48(47-24-16-23-46(35-47)44-19-12-10-13-20-44)36-58(59)57-31-30-55(42-61(57)70)71-54-26-17-25-52(41-54)68-43-69(53-38-50(65(4,5)6)37-51(39-53)66(7,8)9)63-56(27-18-28-60(63)68)45-21-14-11-15-22-45;/h10-40,43H,1-9H3;/q-3;. The van der Waals surface area contributed by atoms with Crippen molar-refractivity contribution in [2.75, 3.05) is 9.80 Å². The van der Waals surface area contributed by atoms with Crippen LogP contribution in [-0.4, -0.2) is 9.55 Å². The van der Waals surface area contributed by atoms with E-state index in [0.29, 0.717) is 11.5 Å². The number of rotatable bonds is 8. The van der Waals surface area contributed by atoms with E-state index in [1.807, 2.05) is 24.4 Å². The summed E-state index contributed by atoms with van der Waals surface area (Å²) in [4.78, 5) is 9.58. The molecule has 362 valence electrons. The maximum absolute atomic E-state index is 6.80. The Labute approximate surface area is 440 Å². The quantitative estimate of drug-likeness (QED) is 0.142. The van der Waals surface area contributed by atoms with Crippen molar-refractivity contribution < 1.29 is 25.8 Å². The van der Waals surface area contributed by atoms with Gasteiger partial charge in [0.2, 0.25) is 0 Å². The Bertz CT molecular complexity index is 3580. The second kappa shape index (κ2) is 18.8. The zero-order valence-electron chi connectivity index (χ0n) is 42.5. The van der Waals surface area contributed by atoms with Crippen molar-refractivity contribution in [2.45, 2.75) is 78.6 Å². The molecule has 0 radical (unpaired) electrons. The Morgan fingerprint density at radius 3 is 1.78 bits per heavy atom. The zero-order chi connectivity index (χ0) is 49.2. The number of pyridine rings is 1. The molecule has 2 aromatic heterocycles. The van der Waals surface area contributed by atoms with Gasteiger partial charge in [-0.2, -0.15) is 12.1 Å². The van der Waals surface area contributed by atoms with Crippen LogP contribution >= 0.6 is 0 Å². The number of aromatic nitrogens is 2. The van der Waals surface area contributed by atoms with E-state index in [9.17, 15) is 0 Å². The average Bonchev–Trinajstić information content (AvgIpc) is 3.92. The Balaban J connectivity index is 0.00000596. The molecule has 1 aliphatic heterocycles. The third kappa shape index (κ3) is 9.28. The summed E-state index contributed by atoms with van der Waals surface area (Å²) >= 11 is 0. The number of hydrogen-bond donors (Lipinski definition) is 0. The van der Waals surface area contributed by atoms with Crippen molar-refractivity contribution in [3.05, 3.63) is 224 Å². The summed E-state index contributed by atoms with van der Waals surface area (Å²) in [6.45, 7) is 22.7. The van der Waals surface area contributed by atoms with E-state index < -0.39 is 0 Å². The van der Waals surface area contributed by atoms with Gasteiger partial charge in [0, 0.05) is 66.9 Å². The van der Waals surface area contributed by atoms with Gasteiger partial charge < -0.3 is 19.1 Å². The minimum Gasteiger partial charge on any atom is -0.509 e. The fourth-order valence-electron chi connectivity index (χ4n) is 9.74. The molecule has 72 heavy (non-hydrogen) atoms. The van der Waals surface area contributed by atoms with Crippen LogP contribution in [0.15, 0.2) is 188 Å². The van der Waals surface area contributed by atoms with Crippen molar-refractivity contribution in [2.24, 2.45) is 0 Å². The maximum Gasteiger partial charge on any atom is 0.135 e. The smallest absolute Gasteiger partial charge is 0.135 e. The van der Waals surface area contributed by atoms with Crippen molar-refractivity contribution in [3.63, 3.8) is 0 Å². The first-order valence-corrected chi connectivity index (χ1v) is 24.7. The average molecular weight is 1120 g/mol. The summed E-state index contributed by atoms with van der Waals surface area (Å²) in [5.41, 5.74) is 16.7. The molecule has 0 amide bonds. The van der Waals surface area contributed by atoms with Gasteiger partial charge in [-0.25, -0.2) is 4.98 Å². The minimum atomic E-state index is -0.0640. The van der Waals surface area contributed by atoms with E-state index in [1.54, 1.807) is 0 Å². The van der Waals surface area contributed by atoms with Gasteiger partial charge >= 0.3 is 0 Å². The van der Waals surface area contributed by atoms with Crippen LogP contribution in [0, 0.1) is 18.8 Å². The zero-order valence-corrected chi connectivity index (χ0v) is 44.8. The van der Waals surface area contributed by atoms with Crippen LogP contribution < -0.4 is 14.5 Å². The van der Waals surface area contributed by atoms with Gasteiger partial charge in [0.05, 0.1) is 0 Å². The summed E-state index contributed by atoms with van der Waals surface area (Å²) in [7, 11) is 0. The second-order valence-electron chi connectivity index (χ2n) is 21.9. The number of fused-ring (bicyclic) bond motifs is 4. The van der Waals surface area contributed by atoms with Crippen molar-refractivity contribution in [1.82, 2.24) is 9.55 Å². The van der Waals surface area contributed by atoms with E-state index in [2.05, 4.69) is 259 Å². The normalized spacial score (nSPS) is 12.8. The van der Waals surface area contributed by atoms with E-state index in [4.69, 9.17) is 9.72 Å². The van der Waals surface area contributed by atoms with Gasteiger partial charge in [0.25, 0.3) is 0 Å². The van der Waals surface area contributed by atoms with E-state index >= 15 is 0 Å². The van der Waals surface area contributed by atoms with Crippen LogP contribution in [0.25, 0.3) is 61.0 Å². The topological polar surface area (TPSA) is 33.5 Å². The molecular weight excluding hydrogens is 1060 g/mol. The largest absolute Gasteiger partial charge is 0.509 e. The first kappa shape index (κ1) is 48.4. The summed E-state index contributed by atoms with van der Waals surface area (Å²) in [5.74, 6) is 2.01. The van der Waals surface area contributed by atoms with E-state index in [-0.39, 0.29) is 37.3 Å². The van der Waals surface area contributed by atoms with Crippen LogP contribution in [0.4, 0.5) is 22.7 Å². The summed E-state index contributed by atoms with van der Waals surface area (Å²) < 4.78 is 9.03. The molecule has 1 aliphatic rings. The van der Waals surface area contributed by atoms with Crippen LogP contribution in [0.3, 0.4) is 0 Å². The van der Waals surface area contributed by atoms with Crippen molar-refractivity contribution in [1.29, 1.82) is 0 Å². The SMILES string of the molecule is CC(C)(C)c1cc(N2[CH-]N(c3[c-]c(Oc4[c-]c5c(cc4)c4cc(-c6cccc(-c7ccccc7)c6)ccc4n5-c4cc(C(C)(C)C)ccn4)ccc3)c3cccc(-c4ccccc4)c32)cc(C(C)(C)C)c1.[Pt]. The third-order valence-corrected chi connectivity index (χ3v) is 13.8. The third-order valence-electron chi connectivity index (χ3n) is 13.8. The molecule has 0 unspecified atom stereocenters. The Kier molecular flexibility index (Phi) is 12.6. The fourth-order valence-corrected chi connectivity index (χ4v) is 9.74. The molecule has 0 saturated heterocycles. The number of benzene rings is 8. The Morgan fingerprint density at radius 2 is 1.08 bits per heavy atom. The van der Waals surface area contributed by atoms with Crippen molar-refractivity contribution in [3.8, 4) is 50.7 Å². The predicted molar refractivity (Wildman–Crippen MR) is 297 cm³/mol. The molecule has 0 aliphatic carbocycles. The summed E-state index contributed by atoms with van der Waals surface area (Å²) in [6.07, 6.45) is 1.92. The number of ether oxygens (including phenoxy) is 1. The minimum absolute atomic E-state index is 0. The molecule has 0 atom stereocenters. The summed E-state index contributed by atoms with van der Waals surface area (Å²) in [6, 6.07) is 72.4. The van der Waals surface area contributed by atoms with Crippen LogP contribution in [0.5, 0.6) is 11.5 Å². The molecule has 6 heteroatoms. The predicted octanol–water partition coefficient (Wildman–Crippen LogP) is 17.9. The first-order chi connectivity index (χ1) is 34.1. The maximum atomic E-state index is 6.80. The molecule has 0 fully saturated rings. The molecule has 3 heterocycles. The molecular formula is C66H59N4OPt-3. The Morgan fingerprint density at radius 1 is 0.472 bits per heavy atom. The Hall–Kier alpha value is -7.20. The van der Waals surface area contributed by atoms with Crippen LogP contribution in [0.1, 0.15) is 79.0 Å². The number of nitrogens with zero attached hydrogens (tertiary/aromatic N) is 4. The van der Waals surface area contributed by atoms with Gasteiger partial charge in [-0.15, -0.1) is 48.1 Å². The number of para-hydroxylation sites is 1.